The maximum atomic E-state index is 5.40. The highest BCUT2D eigenvalue weighted by Crippen LogP contribution is 2.23. The topological polar surface area (TPSA) is 63.8 Å². The van der Waals surface area contributed by atoms with Crippen molar-refractivity contribution in [3.05, 3.63) is 16.8 Å². The van der Waals surface area contributed by atoms with Gasteiger partial charge in [-0.25, -0.2) is 5.84 Å². The zero-order valence-corrected chi connectivity index (χ0v) is 9.21. The van der Waals surface area contributed by atoms with Crippen molar-refractivity contribution >= 4 is 5.82 Å². The molecule has 0 amide bonds. The van der Waals surface area contributed by atoms with E-state index in [1.165, 1.54) is 42.5 Å². The van der Waals surface area contributed by atoms with Crippen molar-refractivity contribution in [2.75, 3.05) is 5.43 Å². The van der Waals surface area contributed by atoms with E-state index in [2.05, 4.69) is 22.5 Å². The molecule has 0 radical (unpaired) electrons. The van der Waals surface area contributed by atoms with Crippen LogP contribution in [0.3, 0.4) is 0 Å². The van der Waals surface area contributed by atoms with Crippen molar-refractivity contribution in [2.24, 2.45) is 5.84 Å². The molecule has 82 valence electrons. The number of fused-ring (bicyclic) bond motifs is 1. The molecule has 4 nitrogen and oxygen atoms in total. The van der Waals surface area contributed by atoms with E-state index in [4.69, 9.17) is 5.84 Å². The number of rotatable bonds is 1. The molecule has 0 saturated heterocycles. The van der Waals surface area contributed by atoms with Crippen LogP contribution in [0.2, 0.25) is 0 Å². The predicted molar refractivity (Wildman–Crippen MR) is 60.5 cm³/mol. The van der Waals surface area contributed by atoms with Gasteiger partial charge >= 0.3 is 0 Å². The number of hydrogen-bond acceptors (Lipinski definition) is 4. The molecule has 4 heteroatoms. The minimum Gasteiger partial charge on any atom is -0.307 e. The van der Waals surface area contributed by atoms with E-state index in [-0.39, 0.29) is 0 Å². The van der Waals surface area contributed by atoms with Crippen LogP contribution in [0.1, 0.15) is 42.5 Å². The summed E-state index contributed by atoms with van der Waals surface area (Å²) in [5, 5.41) is 8.36. The fraction of sp³-hybridized carbons (Fsp3) is 0.636. The number of hydrazine groups is 1. The highest BCUT2D eigenvalue weighted by molar-refractivity contribution is 5.47. The Morgan fingerprint density at radius 2 is 1.80 bits per heavy atom. The lowest BCUT2D eigenvalue weighted by molar-refractivity contribution is 0.601. The first kappa shape index (κ1) is 10.4. The lowest BCUT2D eigenvalue weighted by Gasteiger charge is -2.16. The lowest BCUT2D eigenvalue weighted by atomic mass is 9.95. The van der Waals surface area contributed by atoms with Gasteiger partial charge in [0.15, 0.2) is 5.82 Å². The van der Waals surface area contributed by atoms with E-state index in [0.717, 1.165) is 12.8 Å². The summed E-state index contributed by atoms with van der Waals surface area (Å²) in [5.74, 6) is 6.12. The Labute approximate surface area is 90.2 Å². The van der Waals surface area contributed by atoms with Crippen LogP contribution in [0.15, 0.2) is 0 Å². The van der Waals surface area contributed by atoms with Crippen LogP contribution in [-0.4, -0.2) is 10.2 Å². The largest absolute Gasteiger partial charge is 0.307 e. The summed E-state index contributed by atoms with van der Waals surface area (Å²) in [6.45, 7) is 2.07. The molecule has 0 fully saturated rings. The molecule has 1 aliphatic carbocycles. The van der Waals surface area contributed by atoms with Crippen molar-refractivity contribution in [1.29, 1.82) is 0 Å². The van der Waals surface area contributed by atoms with E-state index in [0.29, 0.717) is 5.82 Å². The number of hydrogen-bond donors (Lipinski definition) is 2. The minimum atomic E-state index is 0.717. The Morgan fingerprint density at radius 3 is 2.53 bits per heavy atom. The Hall–Kier alpha value is -1.16. The zero-order valence-electron chi connectivity index (χ0n) is 9.21. The number of anilines is 1. The van der Waals surface area contributed by atoms with Crippen molar-refractivity contribution < 1.29 is 0 Å². The van der Waals surface area contributed by atoms with E-state index < -0.39 is 0 Å². The first-order chi connectivity index (χ1) is 7.33. The predicted octanol–water partition coefficient (Wildman–Crippen LogP) is 1.73. The van der Waals surface area contributed by atoms with Gasteiger partial charge in [0.05, 0.1) is 5.69 Å². The number of nitrogens with zero attached hydrogens (tertiary/aromatic N) is 2. The van der Waals surface area contributed by atoms with E-state index >= 15 is 0 Å². The Balaban J connectivity index is 2.38. The number of nitrogens with one attached hydrogen (secondary N) is 1. The molecular weight excluding hydrogens is 188 g/mol. The SMILES string of the molecule is Cc1c(NN)nnc2c1CCCCCC2. The van der Waals surface area contributed by atoms with Crippen LogP contribution >= 0.6 is 0 Å². The highest BCUT2D eigenvalue weighted by Gasteiger charge is 2.13. The quantitative estimate of drug-likeness (QED) is 0.542. The standard InChI is InChI=1S/C11H18N4/c1-8-9-6-4-2-3-5-7-10(9)14-15-11(8)13-12/h2-7,12H2,1H3,(H,13,15). The number of nitrogens with two attached hydrogens (primary N) is 1. The molecular formula is C11H18N4. The van der Waals surface area contributed by atoms with Crippen molar-refractivity contribution in [3.63, 3.8) is 0 Å². The maximum Gasteiger partial charge on any atom is 0.165 e. The summed E-state index contributed by atoms with van der Waals surface area (Å²) in [5.41, 5.74) is 6.31. The van der Waals surface area contributed by atoms with Crippen LogP contribution in [0.25, 0.3) is 0 Å². The third-order valence-electron chi connectivity index (χ3n) is 3.15. The van der Waals surface area contributed by atoms with Crippen LogP contribution in [0.5, 0.6) is 0 Å². The Kier molecular flexibility index (Phi) is 3.16. The van der Waals surface area contributed by atoms with E-state index in [1.54, 1.807) is 0 Å². The molecule has 3 N–H and O–H groups in total. The Bertz CT molecular complexity index is 349. The molecule has 1 heterocycles. The lowest BCUT2D eigenvalue weighted by Crippen LogP contribution is -2.15. The minimum absolute atomic E-state index is 0.717. The van der Waals surface area contributed by atoms with Crippen LogP contribution in [0, 0.1) is 6.92 Å². The number of nitrogen functional groups attached to an aromatic ring is 1. The summed E-state index contributed by atoms with van der Waals surface area (Å²) in [4.78, 5) is 0. The van der Waals surface area contributed by atoms with Gasteiger partial charge in [-0.2, -0.15) is 5.10 Å². The molecule has 0 aliphatic heterocycles. The van der Waals surface area contributed by atoms with Gasteiger partial charge in [0.2, 0.25) is 0 Å². The molecule has 1 aromatic heterocycles. The third kappa shape index (κ3) is 2.09. The average Bonchev–Trinajstić information content (AvgIpc) is 2.20. The van der Waals surface area contributed by atoms with Crippen molar-refractivity contribution in [1.82, 2.24) is 10.2 Å². The van der Waals surface area contributed by atoms with Gasteiger partial charge < -0.3 is 5.43 Å². The van der Waals surface area contributed by atoms with Gasteiger partial charge in [-0.3, -0.25) is 0 Å². The molecule has 2 rings (SSSR count). The zero-order chi connectivity index (χ0) is 10.7. The van der Waals surface area contributed by atoms with Gasteiger partial charge in [0.1, 0.15) is 0 Å². The Morgan fingerprint density at radius 1 is 1.07 bits per heavy atom. The van der Waals surface area contributed by atoms with Crippen LogP contribution in [0.4, 0.5) is 5.82 Å². The second-order valence-electron chi connectivity index (χ2n) is 4.16. The fourth-order valence-electron chi connectivity index (χ4n) is 2.22. The summed E-state index contributed by atoms with van der Waals surface area (Å²) >= 11 is 0. The first-order valence-electron chi connectivity index (χ1n) is 5.64. The second-order valence-corrected chi connectivity index (χ2v) is 4.16. The van der Waals surface area contributed by atoms with Gasteiger partial charge in [0, 0.05) is 0 Å². The van der Waals surface area contributed by atoms with Gasteiger partial charge in [-0.05, 0) is 43.7 Å². The molecule has 1 aliphatic rings. The van der Waals surface area contributed by atoms with Gasteiger partial charge in [-0.15, -0.1) is 5.10 Å². The summed E-state index contributed by atoms with van der Waals surface area (Å²) in [6.07, 6.45) is 7.31. The van der Waals surface area contributed by atoms with Crippen LogP contribution < -0.4 is 11.3 Å². The monoisotopic (exact) mass is 206 g/mol. The van der Waals surface area contributed by atoms with Crippen molar-refractivity contribution in [3.8, 4) is 0 Å². The molecule has 0 bridgehead atoms. The number of aryl methyl sites for hydroxylation is 1. The molecule has 0 aromatic carbocycles. The van der Waals surface area contributed by atoms with Gasteiger partial charge in [0.25, 0.3) is 0 Å². The van der Waals surface area contributed by atoms with Crippen molar-refractivity contribution in [2.45, 2.75) is 45.4 Å². The fourth-order valence-corrected chi connectivity index (χ4v) is 2.22. The molecule has 0 atom stereocenters. The third-order valence-corrected chi connectivity index (χ3v) is 3.15. The molecule has 0 spiro atoms. The second kappa shape index (κ2) is 4.57. The van der Waals surface area contributed by atoms with Crippen LogP contribution in [-0.2, 0) is 12.8 Å². The normalized spacial score (nSPS) is 16.4. The summed E-state index contributed by atoms with van der Waals surface area (Å²) in [7, 11) is 0. The molecule has 15 heavy (non-hydrogen) atoms. The van der Waals surface area contributed by atoms with E-state index in [9.17, 15) is 0 Å². The molecule has 1 aromatic rings. The smallest absolute Gasteiger partial charge is 0.165 e. The summed E-state index contributed by atoms with van der Waals surface area (Å²) in [6, 6.07) is 0. The number of aromatic nitrogens is 2. The first-order valence-corrected chi connectivity index (χ1v) is 5.64. The van der Waals surface area contributed by atoms with Gasteiger partial charge in [-0.1, -0.05) is 12.8 Å². The maximum absolute atomic E-state index is 5.40. The summed E-state index contributed by atoms with van der Waals surface area (Å²) < 4.78 is 0. The highest BCUT2D eigenvalue weighted by atomic mass is 15.3. The average molecular weight is 206 g/mol. The molecule has 0 saturated carbocycles. The van der Waals surface area contributed by atoms with E-state index in [1.807, 2.05) is 0 Å². The molecule has 0 unspecified atom stereocenters.